The minimum atomic E-state index is -0.314. The van der Waals surface area contributed by atoms with Crippen LogP contribution >= 0.6 is 15.9 Å². The Morgan fingerprint density at radius 2 is 1.90 bits per heavy atom. The van der Waals surface area contributed by atoms with Crippen LogP contribution in [-0.2, 0) is 4.79 Å². The Balaban J connectivity index is 1.57. The lowest BCUT2D eigenvalue weighted by atomic mass is 9.49. The molecule has 0 spiro atoms. The fourth-order valence-corrected chi connectivity index (χ4v) is 7.61. The summed E-state index contributed by atoms with van der Waals surface area (Å²) in [5, 5.41) is 10.1. The van der Waals surface area contributed by atoms with Crippen LogP contribution in [-0.4, -0.2) is 39.4 Å². The van der Waals surface area contributed by atoms with Gasteiger partial charge in [0.1, 0.15) is 0 Å². The maximum Gasteiger partial charge on any atom is 0.228 e. The van der Waals surface area contributed by atoms with Crippen LogP contribution in [0.1, 0.15) is 51.9 Å². The molecule has 1 heterocycles. The lowest BCUT2D eigenvalue weighted by Crippen LogP contribution is -2.58. The number of carbonyl (C=O) groups is 1. The van der Waals surface area contributed by atoms with Crippen LogP contribution in [0.3, 0.4) is 0 Å². The quantitative estimate of drug-likeness (QED) is 0.773. The molecule has 0 aromatic heterocycles. The van der Waals surface area contributed by atoms with Gasteiger partial charge >= 0.3 is 0 Å². The number of amides is 1. The highest BCUT2D eigenvalue weighted by Crippen LogP contribution is 2.65. The minimum Gasteiger partial charge on any atom is -0.391 e. The number of aliphatic hydroxyl groups is 1. The molecule has 4 aliphatic carbocycles. The number of aliphatic hydroxyl groups excluding tert-OH is 1. The number of rotatable bonds is 2. The average molecular weight is 356 g/mol. The fraction of sp³-hybridized carbons (Fsp3) is 0.941. The van der Waals surface area contributed by atoms with E-state index < -0.39 is 0 Å². The lowest BCUT2D eigenvalue weighted by molar-refractivity contribution is -0.154. The Labute approximate surface area is 135 Å². The number of halogens is 1. The predicted molar refractivity (Wildman–Crippen MR) is 85.1 cm³/mol. The van der Waals surface area contributed by atoms with Gasteiger partial charge in [-0.2, -0.15) is 0 Å². The third-order valence-electron chi connectivity index (χ3n) is 6.66. The highest BCUT2D eigenvalue weighted by molar-refractivity contribution is 9.10. The van der Waals surface area contributed by atoms with Gasteiger partial charge in [-0.25, -0.2) is 0 Å². The molecule has 4 saturated carbocycles. The largest absolute Gasteiger partial charge is 0.391 e. The summed E-state index contributed by atoms with van der Waals surface area (Å²) in [6.45, 7) is 3.44. The molecule has 21 heavy (non-hydrogen) atoms. The molecule has 118 valence electrons. The third-order valence-corrected chi connectivity index (χ3v) is 7.59. The molecule has 0 aromatic rings. The Bertz CT molecular complexity index is 452. The second kappa shape index (κ2) is 4.70. The van der Waals surface area contributed by atoms with E-state index in [1.165, 1.54) is 19.3 Å². The maximum atomic E-state index is 13.2. The number of alkyl halides is 1. The van der Waals surface area contributed by atoms with E-state index >= 15 is 0 Å². The summed E-state index contributed by atoms with van der Waals surface area (Å²) >= 11 is 3.99. The molecule has 5 rings (SSSR count). The molecule has 5 fully saturated rings. The summed E-state index contributed by atoms with van der Waals surface area (Å²) in [6.07, 6.45) is 7.73. The molecule has 4 heteroatoms. The van der Waals surface area contributed by atoms with Crippen LogP contribution in [0.25, 0.3) is 0 Å². The van der Waals surface area contributed by atoms with Crippen LogP contribution in [0.4, 0.5) is 0 Å². The second-order valence-corrected chi connectivity index (χ2v) is 10.0. The van der Waals surface area contributed by atoms with Gasteiger partial charge in [0, 0.05) is 23.3 Å². The van der Waals surface area contributed by atoms with Crippen molar-refractivity contribution in [2.75, 3.05) is 13.1 Å². The SMILES string of the molecule is CC[C@H]1CN(C(=O)C23C[C@H]4C[C@@H](CC(Br)(C4)C2)C3)C[C@@H]1O. The van der Waals surface area contributed by atoms with Crippen molar-refractivity contribution in [3.05, 3.63) is 0 Å². The van der Waals surface area contributed by atoms with Gasteiger partial charge in [-0.3, -0.25) is 4.79 Å². The Hall–Kier alpha value is -0.0900. The molecule has 0 radical (unpaired) electrons. The van der Waals surface area contributed by atoms with Gasteiger partial charge in [-0.1, -0.05) is 22.9 Å². The van der Waals surface area contributed by atoms with Crippen molar-refractivity contribution in [1.82, 2.24) is 4.90 Å². The molecule has 1 saturated heterocycles. The maximum absolute atomic E-state index is 13.2. The second-order valence-electron chi connectivity index (χ2n) is 8.34. The third kappa shape index (κ3) is 2.20. The Morgan fingerprint density at radius 3 is 2.43 bits per heavy atom. The van der Waals surface area contributed by atoms with Crippen molar-refractivity contribution >= 4 is 21.8 Å². The molecular weight excluding hydrogens is 330 g/mol. The van der Waals surface area contributed by atoms with Crippen LogP contribution in [0.5, 0.6) is 0 Å². The first-order chi connectivity index (χ1) is 9.93. The molecule has 5 aliphatic rings. The first-order valence-electron chi connectivity index (χ1n) is 8.59. The number of β-amino-alcohol motifs (C(OH)–C–C–N with tert-alkyl or cyclic N) is 1. The first kappa shape index (κ1) is 14.5. The summed E-state index contributed by atoms with van der Waals surface area (Å²) in [5.74, 6) is 2.12. The highest BCUT2D eigenvalue weighted by Gasteiger charge is 2.60. The Morgan fingerprint density at radius 1 is 1.24 bits per heavy atom. The van der Waals surface area contributed by atoms with Crippen LogP contribution in [0.15, 0.2) is 0 Å². The zero-order valence-corrected chi connectivity index (χ0v) is 14.4. The van der Waals surface area contributed by atoms with Gasteiger partial charge in [0.25, 0.3) is 0 Å². The van der Waals surface area contributed by atoms with E-state index in [1.54, 1.807) is 0 Å². The van der Waals surface area contributed by atoms with E-state index in [-0.39, 0.29) is 21.8 Å². The van der Waals surface area contributed by atoms with Gasteiger partial charge in [0.05, 0.1) is 11.5 Å². The lowest BCUT2D eigenvalue weighted by Gasteiger charge is -2.60. The number of hydrogen-bond acceptors (Lipinski definition) is 2. The van der Waals surface area contributed by atoms with E-state index in [4.69, 9.17) is 0 Å². The Kier molecular flexibility index (Phi) is 3.25. The smallest absolute Gasteiger partial charge is 0.228 e. The van der Waals surface area contributed by atoms with Crippen LogP contribution in [0.2, 0.25) is 0 Å². The molecule has 0 aromatic carbocycles. The number of hydrogen-bond donors (Lipinski definition) is 1. The highest BCUT2D eigenvalue weighted by atomic mass is 79.9. The topological polar surface area (TPSA) is 40.5 Å². The van der Waals surface area contributed by atoms with E-state index in [1.807, 2.05) is 4.90 Å². The van der Waals surface area contributed by atoms with Gasteiger partial charge < -0.3 is 10.0 Å². The summed E-state index contributed by atoms with van der Waals surface area (Å²) in [5.41, 5.74) is -0.115. The van der Waals surface area contributed by atoms with Gasteiger partial charge in [0.2, 0.25) is 5.91 Å². The summed E-state index contributed by atoms with van der Waals surface area (Å²) in [6, 6.07) is 0. The van der Waals surface area contributed by atoms with Crippen LogP contribution in [0, 0.1) is 23.2 Å². The zero-order valence-electron chi connectivity index (χ0n) is 12.9. The molecule has 0 unspecified atom stereocenters. The molecule has 1 amide bonds. The van der Waals surface area contributed by atoms with Gasteiger partial charge in [0.15, 0.2) is 0 Å². The summed E-state index contributed by atoms with van der Waals surface area (Å²) < 4.78 is 0.231. The predicted octanol–water partition coefficient (Wildman–Crippen LogP) is 2.95. The molecule has 4 bridgehead atoms. The molecular formula is C17H26BrNO2. The molecule has 1 aliphatic heterocycles. The fourth-order valence-electron chi connectivity index (χ4n) is 6.16. The summed E-state index contributed by atoms with van der Waals surface area (Å²) in [7, 11) is 0. The van der Waals surface area contributed by atoms with Crippen molar-refractivity contribution in [1.29, 1.82) is 0 Å². The zero-order chi connectivity index (χ0) is 14.8. The standard InChI is InChI=1S/C17H26BrNO2/c1-2-13-8-19(9-14(13)20)15(21)16-4-11-3-12(5-16)7-17(18,6-11)10-16/h11-14,20H,2-10H2,1H3/t11-,12-,13+,14+,16?,17?/m1/s1. The molecule has 4 atom stereocenters. The van der Waals surface area contributed by atoms with E-state index in [2.05, 4.69) is 22.9 Å². The normalized spacial score (nSPS) is 51.7. The monoisotopic (exact) mass is 355 g/mol. The number of likely N-dealkylation sites (tertiary alicyclic amines) is 1. The van der Waals surface area contributed by atoms with Crippen molar-refractivity contribution < 1.29 is 9.90 Å². The van der Waals surface area contributed by atoms with E-state index in [0.717, 1.165) is 44.1 Å². The van der Waals surface area contributed by atoms with Crippen molar-refractivity contribution in [3.63, 3.8) is 0 Å². The van der Waals surface area contributed by atoms with Gasteiger partial charge in [-0.15, -0.1) is 0 Å². The number of nitrogens with zero attached hydrogens (tertiary/aromatic N) is 1. The number of carbonyl (C=O) groups excluding carboxylic acids is 1. The van der Waals surface area contributed by atoms with Crippen LogP contribution < -0.4 is 0 Å². The van der Waals surface area contributed by atoms with Crippen molar-refractivity contribution in [2.45, 2.75) is 62.3 Å². The van der Waals surface area contributed by atoms with E-state index in [0.29, 0.717) is 12.5 Å². The molecule has 1 N–H and O–H groups in total. The summed E-state index contributed by atoms with van der Waals surface area (Å²) in [4.78, 5) is 15.2. The van der Waals surface area contributed by atoms with E-state index in [9.17, 15) is 9.90 Å². The molecule has 3 nitrogen and oxygen atoms in total. The van der Waals surface area contributed by atoms with Gasteiger partial charge in [-0.05, 0) is 56.8 Å². The average Bonchev–Trinajstić information content (AvgIpc) is 2.76. The first-order valence-corrected chi connectivity index (χ1v) is 9.39. The van der Waals surface area contributed by atoms with Crippen molar-refractivity contribution in [3.8, 4) is 0 Å². The van der Waals surface area contributed by atoms with Crippen molar-refractivity contribution in [2.24, 2.45) is 23.2 Å². The minimum absolute atomic E-state index is 0.115.